The van der Waals surface area contributed by atoms with E-state index in [0.29, 0.717) is 5.69 Å². The SMILES string of the molecule is CC(C)n1ncc2cc(NC(=O)COc3ccccc3C(C)(C)C)cnc21. The smallest absolute Gasteiger partial charge is 0.262 e. The van der Waals surface area contributed by atoms with Gasteiger partial charge in [-0.15, -0.1) is 0 Å². The number of amides is 1. The van der Waals surface area contributed by atoms with Crippen LogP contribution in [0, 0.1) is 0 Å². The summed E-state index contributed by atoms with van der Waals surface area (Å²) in [7, 11) is 0. The number of ether oxygens (including phenoxy) is 1. The van der Waals surface area contributed by atoms with Gasteiger partial charge >= 0.3 is 0 Å². The fraction of sp³-hybridized carbons (Fsp3) is 0.381. The molecular formula is C21H26N4O2. The third-order valence-electron chi connectivity index (χ3n) is 4.26. The molecule has 1 aromatic carbocycles. The van der Waals surface area contributed by atoms with E-state index in [1.807, 2.05) is 35.0 Å². The van der Waals surface area contributed by atoms with E-state index >= 15 is 0 Å². The molecule has 1 amide bonds. The van der Waals surface area contributed by atoms with Crippen LogP contribution >= 0.6 is 0 Å². The summed E-state index contributed by atoms with van der Waals surface area (Å²) in [5.41, 5.74) is 2.45. The van der Waals surface area contributed by atoms with Crippen molar-refractivity contribution in [2.24, 2.45) is 0 Å². The summed E-state index contributed by atoms with van der Waals surface area (Å²) in [6.07, 6.45) is 3.40. The number of anilines is 1. The van der Waals surface area contributed by atoms with Crippen LogP contribution in [-0.4, -0.2) is 27.3 Å². The topological polar surface area (TPSA) is 69.0 Å². The van der Waals surface area contributed by atoms with Gasteiger partial charge in [0, 0.05) is 11.4 Å². The Morgan fingerprint density at radius 3 is 2.67 bits per heavy atom. The average Bonchev–Trinajstić information content (AvgIpc) is 3.03. The number of hydrogen-bond acceptors (Lipinski definition) is 4. The zero-order chi connectivity index (χ0) is 19.6. The predicted octanol–water partition coefficient (Wildman–Crippen LogP) is 4.33. The largest absolute Gasteiger partial charge is 0.483 e. The van der Waals surface area contributed by atoms with Crippen molar-refractivity contribution < 1.29 is 9.53 Å². The fourth-order valence-corrected chi connectivity index (χ4v) is 2.94. The van der Waals surface area contributed by atoms with E-state index in [2.05, 4.69) is 50.0 Å². The number of fused-ring (bicyclic) bond motifs is 1. The van der Waals surface area contributed by atoms with E-state index in [9.17, 15) is 4.79 Å². The second-order valence-corrected chi connectivity index (χ2v) is 7.90. The monoisotopic (exact) mass is 366 g/mol. The molecule has 0 saturated heterocycles. The Morgan fingerprint density at radius 1 is 1.22 bits per heavy atom. The Labute approximate surface area is 159 Å². The Bertz CT molecular complexity index is 954. The van der Waals surface area contributed by atoms with Gasteiger partial charge in [-0.05, 0) is 37.0 Å². The Balaban J connectivity index is 1.68. The molecule has 0 aliphatic carbocycles. The first-order valence-electron chi connectivity index (χ1n) is 9.11. The second kappa shape index (κ2) is 7.39. The lowest BCUT2D eigenvalue weighted by Gasteiger charge is -2.22. The number of nitrogens with one attached hydrogen (secondary N) is 1. The van der Waals surface area contributed by atoms with Gasteiger partial charge in [0.05, 0.1) is 18.1 Å². The van der Waals surface area contributed by atoms with Crippen LogP contribution in [-0.2, 0) is 10.2 Å². The first-order valence-corrected chi connectivity index (χ1v) is 9.11. The molecule has 2 aromatic heterocycles. The molecule has 3 aromatic rings. The van der Waals surface area contributed by atoms with Crippen LogP contribution in [0.4, 0.5) is 5.69 Å². The molecule has 0 unspecified atom stereocenters. The maximum absolute atomic E-state index is 12.3. The van der Waals surface area contributed by atoms with Crippen LogP contribution in [0.5, 0.6) is 5.75 Å². The lowest BCUT2D eigenvalue weighted by atomic mass is 9.86. The van der Waals surface area contributed by atoms with Crippen molar-refractivity contribution in [1.29, 1.82) is 0 Å². The van der Waals surface area contributed by atoms with Gasteiger partial charge < -0.3 is 10.1 Å². The standard InChI is InChI=1S/C21H26N4O2/c1-14(2)25-20-15(11-23-25)10-16(12-22-20)24-19(26)13-27-18-9-7-6-8-17(18)21(3,4)5/h6-12,14H,13H2,1-5H3,(H,24,26). The molecule has 0 fully saturated rings. The molecule has 2 heterocycles. The number of carbonyl (C=O) groups excluding carboxylic acids is 1. The summed E-state index contributed by atoms with van der Waals surface area (Å²) < 4.78 is 7.63. The molecule has 6 nitrogen and oxygen atoms in total. The summed E-state index contributed by atoms with van der Waals surface area (Å²) in [6.45, 7) is 10.4. The Morgan fingerprint density at radius 2 is 1.96 bits per heavy atom. The van der Waals surface area contributed by atoms with Crippen molar-refractivity contribution in [2.75, 3.05) is 11.9 Å². The number of para-hydroxylation sites is 1. The van der Waals surface area contributed by atoms with Gasteiger partial charge in [0.25, 0.3) is 5.91 Å². The second-order valence-electron chi connectivity index (χ2n) is 7.90. The summed E-state index contributed by atoms with van der Waals surface area (Å²) in [5, 5.41) is 8.07. The maximum Gasteiger partial charge on any atom is 0.262 e. The molecule has 0 aliphatic heterocycles. The zero-order valence-corrected chi connectivity index (χ0v) is 16.5. The molecular weight excluding hydrogens is 340 g/mol. The summed E-state index contributed by atoms with van der Waals surface area (Å²) >= 11 is 0. The zero-order valence-electron chi connectivity index (χ0n) is 16.5. The molecule has 0 atom stereocenters. The highest BCUT2D eigenvalue weighted by Crippen LogP contribution is 2.30. The number of pyridine rings is 1. The highest BCUT2D eigenvalue weighted by atomic mass is 16.5. The van der Waals surface area contributed by atoms with E-state index in [-0.39, 0.29) is 24.0 Å². The first-order chi connectivity index (χ1) is 12.8. The molecule has 142 valence electrons. The van der Waals surface area contributed by atoms with Crippen LogP contribution in [0.15, 0.2) is 42.7 Å². The number of benzene rings is 1. The van der Waals surface area contributed by atoms with E-state index in [0.717, 1.165) is 22.3 Å². The molecule has 27 heavy (non-hydrogen) atoms. The van der Waals surface area contributed by atoms with Crippen molar-refractivity contribution in [1.82, 2.24) is 14.8 Å². The van der Waals surface area contributed by atoms with E-state index in [1.54, 1.807) is 12.4 Å². The van der Waals surface area contributed by atoms with Crippen LogP contribution < -0.4 is 10.1 Å². The quantitative estimate of drug-likeness (QED) is 0.730. The summed E-state index contributed by atoms with van der Waals surface area (Å²) in [6, 6.07) is 9.90. The lowest BCUT2D eigenvalue weighted by Crippen LogP contribution is -2.22. The Hall–Kier alpha value is -2.89. The number of rotatable bonds is 5. The number of aromatic nitrogens is 3. The average molecular weight is 366 g/mol. The molecule has 0 radical (unpaired) electrons. The van der Waals surface area contributed by atoms with Gasteiger partial charge in [0.1, 0.15) is 5.75 Å². The van der Waals surface area contributed by atoms with Gasteiger partial charge in [-0.2, -0.15) is 5.10 Å². The van der Waals surface area contributed by atoms with E-state index in [1.165, 1.54) is 0 Å². The lowest BCUT2D eigenvalue weighted by molar-refractivity contribution is -0.118. The van der Waals surface area contributed by atoms with E-state index < -0.39 is 0 Å². The highest BCUT2D eigenvalue weighted by Gasteiger charge is 2.19. The van der Waals surface area contributed by atoms with Crippen molar-refractivity contribution in [3.63, 3.8) is 0 Å². The van der Waals surface area contributed by atoms with Gasteiger partial charge in [0.15, 0.2) is 12.3 Å². The third-order valence-corrected chi connectivity index (χ3v) is 4.26. The van der Waals surface area contributed by atoms with Crippen molar-refractivity contribution in [2.45, 2.75) is 46.1 Å². The number of hydrogen-bond donors (Lipinski definition) is 1. The molecule has 6 heteroatoms. The van der Waals surface area contributed by atoms with Gasteiger partial charge in [-0.3, -0.25) is 4.79 Å². The fourth-order valence-electron chi connectivity index (χ4n) is 2.94. The van der Waals surface area contributed by atoms with Crippen LogP contribution in [0.3, 0.4) is 0 Å². The molecule has 0 aliphatic rings. The molecule has 3 rings (SSSR count). The van der Waals surface area contributed by atoms with Gasteiger partial charge in [-0.1, -0.05) is 39.0 Å². The molecule has 1 N–H and O–H groups in total. The minimum Gasteiger partial charge on any atom is -0.483 e. The van der Waals surface area contributed by atoms with Crippen molar-refractivity contribution in [3.05, 3.63) is 48.3 Å². The first kappa shape index (κ1) is 18.9. The van der Waals surface area contributed by atoms with Crippen molar-refractivity contribution >= 4 is 22.6 Å². The highest BCUT2D eigenvalue weighted by molar-refractivity contribution is 5.93. The summed E-state index contributed by atoms with van der Waals surface area (Å²) in [4.78, 5) is 16.7. The van der Waals surface area contributed by atoms with Gasteiger partial charge in [0.2, 0.25) is 0 Å². The number of nitrogens with zero attached hydrogens (tertiary/aromatic N) is 3. The maximum atomic E-state index is 12.3. The molecule has 0 bridgehead atoms. The third kappa shape index (κ3) is 4.27. The predicted molar refractivity (Wildman–Crippen MR) is 107 cm³/mol. The minimum absolute atomic E-state index is 0.0569. The number of carbonyl (C=O) groups is 1. The molecule has 0 spiro atoms. The van der Waals surface area contributed by atoms with Gasteiger partial charge in [-0.25, -0.2) is 9.67 Å². The normalized spacial score (nSPS) is 11.8. The van der Waals surface area contributed by atoms with Crippen LogP contribution in [0.25, 0.3) is 11.0 Å². The minimum atomic E-state index is -0.226. The summed E-state index contributed by atoms with van der Waals surface area (Å²) in [5.74, 6) is 0.503. The molecule has 0 saturated carbocycles. The van der Waals surface area contributed by atoms with Crippen molar-refractivity contribution in [3.8, 4) is 5.75 Å². The van der Waals surface area contributed by atoms with Crippen LogP contribution in [0.2, 0.25) is 0 Å². The van der Waals surface area contributed by atoms with E-state index in [4.69, 9.17) is 4.74 Å². The Kier molecular flexibility index (Phi) is 5.17. The van der Waals surface area contributed by atoms with Crippen LogP contribution in [0.1, 0.15) is 46.2 Å².